The van der Waals surface area contributed by atoms with E-state index in [1.54, 1.807) is 30.3 Å². The van der Waals surface area contributed by atoms with Gasteiger partial charge in [0.1, 0.15) is 0 Å². The molecule has 2 aromatic heterocycles. The van der Waals surface area contributed by atoms with Crippen LogP contribution in [-0.2, 0) is 6.42 Å². The van der Waals surface area contributed by atoms with Crippen LogP contribution in [0.4, 0.5) is 0 Å². The van der Waals surface area contributed by atoms with Crippen LogP contribution in [0.15, 0.2) is 47.3 Å². The van der Waals surface area contributed by atoms with E-state index in [1.807, 2.05) is 13.0 Å². The first-order chi connectivity index (χ1) is 11.0. The van der Waals surface area contributed by atoms with Gasteiger partial charge in [-0.05, 0) is 48.9 Å². The molecule has 0 saturated heterocycles. The number of nitrogens with zero attached hydrogens (tertiary/aromatic N) is 1. The van der Waals surface area contributed by atoms with Crippen molar-refractivity contribution in [3.63, 3.8) is 0 Å². The predicted molar refractivity (Wildman–Crippen MR) is 88.1 cm³/mol. The Morgan fingerprint density at radius 2 is 1.91 bits per heavy atom. The average molecular weight is 328 g/mol. The van der Waals surface area contributed by atoms with Crippen LogP contribution in [0.5, 0.6) is 0 Å². The number of aromatic amines is 2. The predicted octanol–water partition coefficient (Wildman–Crippen LogP) is 2.88. The van der Waals surface area contributed by atoms with Gasteiger partial charge in [-0.15, -0.1) is 0 Å². The Bertz CT molecular complexity index is 890. The largest absolute Gasteiger partial charge is 0.355 e. The van der Waals surface area contributed by atoms with Crippen LogP contribution in [0.3, 0.4) is 0 Å². The summed E-state index contributed by atoms with van der Waals surface area (Å²) >= 11 is 5.85. The molecular weight excluding hydrogens is 314 g/mol. The quantitative estimate of drug-likeness (QED) is 0.723. The lowest BCUT2D eigenvalue weighted by atomic mass is 10.1. The van der Waals surface area contributed by atoms with Gasteiger partial charge in [-0.1, -0.05) is 11.6 Å². The van der Waals surface area contributed by atoms with Gasteiger partial charge in [0.2, 0.25) is 5.78 Å². The highest BCUT2D eigenvalue weighted by atomic mass is 35.5. The minimum Gasteiger partial charge on any atom is -0.355 e. The lowest BCUT2D eigenvalue weighted by molar-refractivity contribution is 0.103. The molecule has 0 fully saturated rings. The van der Waals surface area contributed by atoms with Gasteiger partial charge < -0.3 is 4.98 Å². The molecule has 3 rings (SSSR count). The molecule has 0 spiro atoms. The van der Waals surface area contributed by atoms with Crippen molar-refractivity contribution in [2.75, 3.05) is 0 Å². The molecule has 116 valence electrons. The summed E-state index contributed by atoms with van der Waals surface area (Å²) in [6.45, 7) is 1.88. The molecule has 0 aliphatic heterocycles. The van der Waals surface area contributed by atoms with Gasteiger partial charge >= 0.3 is 0 Å². The lowest BCUT2D eigenvalue weighted by Crippen LogP contribution is -2.08. The number of nitrogens with one attached hydrogen (secondary N) is 2. The lowest BCUT2D eigenvalue weighted by Gasteiger charge is -2.01. The van der Waals surface area contributed by atoms with Crippen molar-refractivity contribution < 1.29 is 4.79 Å². The third-order valence-corrected chi connectivity index (χ3v) is 3.76. The molecule has 2 heterocycles. The molecule has 5 nitrogen and oxygen atoms in total. The second-order valence-corrected chi connectivity index (χ2v) is 5.71. The van der Waals surface area contributed by atoms with Crippen LogP contribution in [0.2, 0.25) is 5.02 Å². The van der Waals surface area contributed by atoms with Crippen molar-refractivity contribution >= 4 is 17.4 Å². The molecule has 0 aliphatic rings. The second-order valence-electron chi connectivity index (χ2n) is 5.28. The number of aryl methyl sites for hydroxylation is 1. The molecule has 2 N–H and O–H groups in total. The molecule has 0 unspecified atom stereocenters. The summed E-state index contributed by atoms with van der Waals surface area (Å²) in [5, 5.41) is 6.96. The zero-order valence-corrected chi connectivity index (χ0v) is 13.1. The van der Waals surface area contributed by atoms with Gasteiger partial charge in [0.25, 0.3) is 5.56 Å². The van der Waals surface area contributed by atoms with Crippen molar-refractivity contribution in [1.82, 2.24) is 15.2 Å². The van der Waals surface area contributed by atoms with Crippen LogP contribution in [0, 0.1) is 6.92 Å². The summed E-state index contributed by atoms with van der Waals surface area (Å²) in [6, 6.07) is 11.8. The molecule has 0 atom stereocenters. The summed E-state index contributed by atoms with van der Waals surface area (Å²) in [5.41, 5.74) is 3.33. The molecule has 0 amide bonds. The minimum atomic E-state index is -0.241. The highest BCUT2D eigenvalue weighted by Gasteiger charge is 2.15. The second kappa shape index (κ2) is 6.22. The minimum absolute atomic E-state index is 0.0835. The first kappa shape index (κ1) is 15.2. The summed E-state index contributed by atoms with van der Waals surface area (Å²) in [5.74, 6) is -0.0835. The van der Waals surface area contributed by atoms with Crippen LogP contribution in [0.1, 0.15) is 33.0 Å². The number of benzene rings is 1. The number of carbonyl (C=O) groups excluding carboxylic acids is 1. The Kier molecular flexibility index (Phi) is 4.12. The van der Waals surface area contributed by atoms with Crippen molar-refractivity contribution in [3.05, 3.63) is 86.0 Å². The maximum atomic E-state index is 12.6. The number of aromatic nitrogens is 3. The van der Waals surface area contributed by atoms with E-state index in [4.69, 9.17) is 11.6 Å². The van der Waals surface area contributed by atoms with Crippen LogP contribution in [-0.4, -0.2) is 21.0 Å². The summed E-state index contributed by atoms with van der Waals surface area (Å²) in [4.78, 5) is 26.7. The number of hydrogen-bond acceptors (Lipinski definition) is 3. The Hall–Kier alpha value is -2.66. The molecule has 0 radical (unpaired) electrons. The van der Waals surface area contributed by atoms with Crippen molar-refractivity contribution in [3.8, 4) is 0 Å². The van der Waals surface area contributed by atoms with E-state index in [0.717, 1.165) is 17.0 Å². The Morgan fingerprint density at radius 3 is 2.57 bits per heavy atom. The van der Waals surface area contributed by atoms with Crippen LogP contribution >= 0.6 is 11.6 Å². The molecule has 0 bridgehead atoms. The van der Waals surface area contributed by atoms with E-state index in [9.17, 15) is 9.59 Å². The van der Waals surface area contributed by atoms with E-state index in [-0.39, 0.29) is 11.3 Å². The highest BCUT2D eigenvalue weighted by Crippen LogP contribution is 2.18. The average Bonchev–Trinajstić information content (AvgIpc) is 2.90. The monoisotopic (exact) mass is 327 g/mol. The highest BCUT2D eigenvalue weighted by molar-refractivity contribution is 6.30. The number of halogens is 1. The fourth-order valence-corrected chi connectivity index (χ4v) is 2.50. The smallest absolute Gasteiger partial charge is 0.264 e. The van der Waals surface area contributed by atoms with Gasteiger partial charge in [0.05, 0.1) is 11.4 Å². The summed E-state index contributed by atoms with van der Waals surface area (Å²) in [6.07, 6.45) is 0.505. The number of rotatable bonds is 4. The third-order valence-electron chi connectivity index (χ3n) is 3.51. The zero-order chi connectivity index (χ0) is 16.4. The van der Waals surface area contributed by atoms with E-state index >= 15 is 0 Å². The summed E-state index contributed by atoms with van der Waals surface area (Å²) < 4.78 is 0. The molecule has 1 aromatic carbocycles. The number of carbonyl (C=O) groups is 1. The van der Waals surface area contributed by atoms with E-state index in [1.165, 1.54) is 6.07 Å². The molecule has 3 aromatic rings. The Morgan fingerprint density at radius 1 is 1.17 bits per heavy atom. The number of hydrogen-bond donors (Lipinski definition) is 2. The Balaban J connectivity index is 1.85. The van der Waals surface area contributed by atoms with E-state index < -0.39 is 0 Å². The molecule has 23 heavy (non-hydrogen) atoms. The van der Waals surface area contributed by atoms with Crippen LogP contribution in [0.25, 0.3) is 0 Å². The first-order valence-electron chi connectivity index (χ1n) is 7.06. The maximum absolute atomic E-state index is 12.6. The van der Waals surface area contributed by atoms with Gasteiger partial charge in [-0.3, -0.25) is 9.59 Å². The number of H-pyrrole nitrogens is 2. The number of ketones is 1. The molecular formula is C17H14ClN3O2. The van der Waals surface area contributed by atoms with E-state index in [0.29, 0.717) is 22.7 Å². The SMILES string of the molecule is Cc1cc(Cc2ccc(=O)[nH]n2)[nH]c1C(=O)c1ccc(Cl)cc1. The molecule has 6 heteroatoms. The maximum Gasteiger partial charge on any atom is 0.264 e. The first-order valence-corrected chi connectivity index (χ1v) is 7.44. The van der Waals surface area contributed by atoms with Crippen molar-refractivity contribution in [1.29, 1.82) is 0 Å². The van der Waals surface area contributed by atoms with E-state index in [2.05, 4.69) is 15.2 Å². The molecule has 0 saturated carbocycles. The van der Waals surface area contributed by atoms with Crippen LogP contribution < -0.4 is 5.56 Å². The fourth-order valence-electron chi connectivity index (χ4n) is 2.37. The Labute approximate surface area is 137 Å². The van der Waals surface area contributed by atoms with Gasteiger partial charge in [-0.25, -0.2) is 5.10 Å². The topological polar surface area (TPSA) is 78.6 Å². The molecule has 0 aliphatic carbocycles. The van der Waals surface area contributed by atoms with Gasteiger partial charge in [0.15, 0.2) is 0 Å². The standard InChI is InChI=1S/C17H14ClN3O2/c1-10-8-14(9-13-6-7-15(22)21-20-13)19-16(10)17(23)11-2-4-12(18)5-3-11/h2-8,19H,9H2,1H3,(H,21,22). The van der Waals surface area contributed by atoms with Crippen molar-refractivity contribution in [2.24, 2.45) is 0 Å². The fraction of sp³-hybridized carbons (Fsp3) is 0.118. The third kappa shape index (κ3) is 3.40. The van der Waals surface area contributed by atoms with Crippen molar-refractivity contribution in [2.45, 2.75) is 13.3 Å². The normalized spacial score (nSPS) is 10.7. The van der Waals surface area contributed by atoms with Gasteiger partial charge in [0, 0.05) is 28.8 Å². The zero-order valence-electron chi connectivity index (χ0n) is 12.4. The summed E-state index contributed by atoms with van der Waals surface area (Å²) in [7, 11) is 0. The van der Waals surface area contributed by atoms with Gasteiger partial charge in [-0.2, -0.15) is 5.10 Å².